The van der Waals surface area contributed by atoms with E-state index in [4.69, 9.17) is 34.5 Å². The molecule has 2 aliphatic heterocycles. The van der Waals surface area contributed by atoms with Crippen LogP contribution in [0.25, 0.3) is 22.3 Å². The number of hydrogen-bond donors (Lipinski definition) is 8. The molecule has 2 aliphatic rings. The lowest BCUT2D eigenvalue weighted by Gasteiger charge is -2.24. The van der Waals surface area contributed by atoms with Crippen LogP contribution in [-0.4, -0.2) is 109 Å². The first-order valence-corrected chi connectivity index (χ1v) is 15.6. The second kappa shape index (κ2) is 12.0. The maximum Gasteiger partial charge on any atom is 0.695 e. The quantitative estimate of drug-likeness (QED) is 0.0825. The number of ether oxygens (including phenoxy) is 2. The third-order valence-electron chi connectivity index (χ3n) is 7.16. The standard InChI is InChI=1S/C21H25N9O13P2/c22-7-1-2-24-16-10(7)25-5-29(16)19-13(33)14(42-44(35)36)9(41-19)4-39-45(37,38)43-15-12(32)8(3-31)40-20(15)30-6-26-11-17(30)27-21(23)28-18(11)34/h1-2,5-6,8-9,12-15,19-20,31-33H,3-4H2,(H6-,22,23,24,27,28,34,35,36,37,38)/p+1/t8-,9-,12-,13-,14-,15-,19-,20-/m1/s1. The number of nitrogen functional groups attached to an aromatic ring is 2. The highest BCUT2D eigenvalue weighted by Crippen LogP contribution is 2.50. The van der Waals surface area contributed by atoms with Gasteiger partial charge in [-0.25, -0.2) is 19.5 Å². The predicted octanol–water partition coefficient (Wildman–Crippen LogP) is -2.23. The van der Waals surface area contributed by atoms with Gasteiger partial charge in [-0.3, -0.25) is 28.0 Å². The van der Waals surface area contributed by atoms with Gasteiger partial charge in [0.15, 0.2) is 35.4 Å². The van der Waals surface area contributed by atoms with Crippen LogP contribution in [0.3, 0.4) is 0 Å². The van der Waals surface area contributed by atoms with E-state index in [9.17, 15) is 39.0 Å². The molecule has 0 aliphatic carbocycles. The summed E-state index contributed by atoms with van der Waals surface area (Å²) >= 11 is 0. The Morgan fingerprint density at radius 2 is 1.71 bits per heavy atom. The number of pyridine rings is 1. The molecule has 2 saturated heterocycles. The Morgan fingerprint density at radius 1 is 1.02 bits per heavy atom. The van der Waals surface area contributed by atoms with Gasteiger partial charge < -0.3 is 41.2 Å². The minimum atomic E-state index is -5.16. The maximum atomic E-state index is 13.1. The van der Waals surface area contributed by atoms with Gasteiger partial charge in [0.1, 0.15) is 36.0 Å². The lowest BCUT2D eigenvalue weighted by molar-refractivity contribution is -0.0609. The van der Waals surface area contributed by atoms with Crippen molar-refractivity contribution in [2.45, 2.75) is 49.1 Å². The number of aromatic nitrogens is 7. The Hall–Kier alpha value is -3.50. The zero-order valence-corrected chi connectivity index (χ0v) is 24.4. The maximum absolute atomic E-state index is 13.1. The van der Waals surface area contributed by atoms with Crippen molar-refractivity contribution in [2.75, 3.05) is 24.7 Å². The van der Waals surface area contributed by atoms with Crippen molar-refractivity contribution in [3.05, 3.63) is 35.3 Å². The van der Waals surface area contributed by atoms with Crippen LogP contribution < -0.4 is 17.0 Å². The normalized spacial score (nSPS) is 30.3. The summed E-state index contributed by atoms with van der Waals surface area (Å²) in [7, 11) is -8.44. The van der Waals surface area contributed by atoms with Gasteiger partial charge in [0, 0.05) is 10.8 Å². The van der Waals surface area contributed by atoms with Crippen LogP contribution in [0.2, 0.25) is 0 Å². The van der Waals surface area contributed by atoms with Crippen molar-refractivity contribution in [1.82, 2.24) is 34.1 Å². The Kier molecular flexibility index (Phi) is 8.41. The number of aromatic amines is 1. The molecule has 242 valence electrons. The molecule has 6 heterocycles. The molecule has 2 unspecified atom stereocenters. The molecule has 2 fully saturated rings. The molecular formula is C21H26N9O13P2+. The summed E-state index contributed by atoms with van der Waals surface area (Å²) < 4.78 is 53.8. The number of H-pyrrole nitrogens is 1. The van der Waals surface area contributed by atoms with Crippen molar-refractivity contribution in [3.8, 4) is 0 Å². The first-order valence-electron chi connectivity index (χ1n) is 12.9. The van der Waals surface area contributed by atoms with E-state index in [-0.39, 0.29) is 34.0 Å². The predicted molar refractivity (Wildman–Crippen MR) is 147 cm³/mol. The van der Waals surface area contributed by atoms with Crippen LogP contribution in [0, 0.1) is 0 Å². The third-order valence-corrected chi connectivity index (χ3v) is 8.57. The summed E-state index contributed by atoms with van der Waals surface area (Å²) in [6.45, 7) is -1.56. The molecule has 0 amide bonds. The molecule has 4 aromatic rings. The number of anilines is 2. The van der Waals surface area contributed by atoms with Gasteiger partial charge in [-0.1, -0.05) is 0 Å². The number of aliphatic hydroxyl groups is 3. The molecule has 22 nitrogen and oxygen atoms in total. The van der Waals surface area contributed by atoms with E-state index in [2.05, 4.69) is 24.9 Å². The van der Waals surface area contributed by atoms with Crippen LogP contribution in [0.15, 0.2) is 29.7 Å². The summed E-state index contributed by atoms with van der Waals surface area (Å²) in [6, 6.07) is 1.50. The Labute approximate surface area is 250 Å². The average Bonchev–Trinajstić information content (AvgIpc) is 3.73. The molecule has 0 spiro atoms. The Morgan fingerprint density at radius 3 is 2.42 bits per heavy atom. The highest BCUT2D eigenvalue weighted by atomic mass is 31.2. The molecule has 0 radical (unpaired) electrons. The fraction of sp³-hybridized carbons (Fsp3) is 0.476. The number of nitrogens with one attached hydrogen (secondary N) is 1. The number of phosphoric ester groups is 1. The van der Waals surface area contributed by atoms with E-state index >= 15 is 0 Å². The molecule has 24 heteroatoms. The molecule has 4 aromatic heterocycles. The van der Waals surface area contributed by atoms with Crippen LogP contribution in [-0.2, 0) is 32.2 Å². The van der Waals surface area contributed by atoms with Gasteiger partial charge in [0.05, 0.1) is 31.6 Å². The largest absolute Gasteiger partial charge is 0.695 e. The Bertz CT molecular complexity index is 1850. The third kappa shape index (κ3) is 5.83. The molecule has 0 saturated carbocycles. The fourth-order valence-corrected chi connectivity index (χ4v) is 6.55. The monoisotopic (exact) mass is 674 g/mol. The summed E-state index contributed by atoms with van der Waals surface area (Å²) in [5.41, 5.74) is 11.3. The molecular weight excluding hydrogens is 648 g/mol. The molecule has 10 atom stereocenters. The van der Waals surface area contributed by atoms with E-state index in [1.807, 2.05) is 0 Å². The first kappa shape index (κ1) is 31.5. The number of nitrogens with zero attached hydrogens (tertiary/aromatic N) is 6. The van der Waals surface area contributed by atoms with Crippen LogP contribution in [0.5, 0.6) is 0 Å². The smallest absolute Gasteiger partial charge is 0.397 e. The second-order valence-electron chi connectivity index (χ2n) is 9.94. The highest BCUT2D eigenvalue weighted by Gasteiger charge is 2.53. The number of hydrogen-bond acceptors (Lipinski definition) is 17. The number of fused-ring (bicyclic) bond motifs is 2. The second-order valence-corrected chi connectivity index (χ2v) is 12.0. The average molecular weight is 674 g/mol. The van der Waals surface area contributed by atoms with Gasteiger partial charge >= 0.3 is 16.1 Å². The lowest BCUT2D eigenvalue weighted by atomic mass is 10.1. The van der Waals surface area contributed by atoms with E-state index in [1.54, 1.807) is 0 Å². The first-order chi connectivity index (χ1) is 21.4. The fourth-order valence-electron chi connectivity index (χ4n) is 5.14. The van der Waals surface area contributed by atoms with E-state index < -0.39 is 83.9 Å². The Balaban J connectivity index is 1.22. The number of nitrogens with two attached hydrogens (primary N) is 2. The van der Waals surface area contributed by atoms with E-state index in [1.165, 1.54) is 23.2 Å². The van der Waals surface area contributed by atoms with Crippen molar-refractivity contribution < 1.29 is 57.3 Å². The van der Waals surface area contributed by atoms with Crippen LogP contribution in [0.4, 0.5) is 11.6 Å². The van der Waals surface area contributed by atoms with Crippen molar-refractivity contribution in [2.24, 2.45) is 0 Å². The molecule has 0 aromatic carbocycles. The number of imidazole rings is 2. The SMILES string of the molecule is Nc1nc2c(ncn2[C@@H]2O[C@H](CO)[C@@H](O)[C@H]2OP(=O)(O)OC[C@H]2O[C@@H](n3cnc4c(N)ccnc43)[C@H](O)[C@@H]2O[P+](=O)O)c(=O)[nH]1. The van der Waals surface area contributed by atoms with Gasteiger partial charge in [-0.05, 0) is 6.07 Å². The summed E-state index contributed by atoms with van der Waals surface area (Å²) in [5, 5.41) is 31.4. The molecule has 6 rings (SSSR count). The topological polar surface area (TPSA) is 328 Å². The van der Waals surface area contributed by atoms with E-state index in [0.717, 1.165) is 10.9 Å². The van der Waals surface area contributed by atoms with Crippen molar-refractivity contribution in [1.29, 1.82) is 0 Å². The minimum absolute atomic E-state index is 0.116. The van der Waals surface area contributed by atoms with Crippen LogP contribution >= 0.6 is 16.1 Å². The van der Waals surface area contributed by atoms with E-state index in [0.29, 0.717) is 0 Å². The zero-order chi connectivity index (χ0) is 32.2. The van der Waals surface area contributed by atoms with Crippen LogP contribution in [0.1, 0.15) is 12.5 Å². The van der Waals surface area contributed by atoms with Crippen molar-refractivity contribution >= 4 is 50.0 Å². The number of phosphoric acid groups is 1. The number of aliphatic hydroxyl groups excluding tert-OH is 3. The highest BCUT2D eigenvalue weighted by molar-refractivity contribution is 7.47. The zero-order valence-electron chi connectivity index (χ0n) is 22.6. The molecule has 0 bridgehead atoms. The summed E-state index contributed by atoms with van der Waals surface area (Å²) in [5.74, 6) is -0.276. The molecule has 10 N–H and O–H groups in total. The summed E-state index contributed by atoms with van der Waals surface area (Å²) in [4.78, 5) is 50.8. The summed E-state index contributed by atoms with van der Waals surface area (Å²) in [6.07, 6.45) is -8.34. The molecule has 45 heavy (non-hydrogen) atoms. The van der Waals surface area contributed by atoms with Gasteiger partial charge in [-0.15, -0.1) is 9.42 Å². The van der Waals surface area contributed by atoms with Gasteiger partial charge in [0.2, 0.25) is 5.95 Å². The minimum Gasteiger partial charge on any atom is -0.397 e. The number of rotatable bonds is 10. The van der Waals surface area contributed by atoms with Crippen molar-refractivity contribution in [3.63, 3.8) is 0 Å². The van der Waals surface area contributed by atoms with Gasteiger partial charge in [-0.2, -0.15) is 4.98 Å². The lowest BCUT2D eigenvalue weighted by Crippen LogP contribution is -2.36. The van der Waals surface area contributed by atoms with Gasteiger partial charge in [0.25, 0.3) is 5.56 Å².